The summed E-state index contributed by atoms with van der Waals surface area (Å²) in [5, 5.41) is 7.98. The molecule has 2 amide bonds. The van der Waals surface area contributed by atoms with Crippen LogP contribution in [0.2, 0.25) is 0 Å². The highest BCUT2D eigenvalue weighted by Crippen LogP contribution is 2.45. The first-order valence-electron chi connectivity index (χ1n) is 14.0. The van der Waals surface area contributed by atoms with Gasteiger partial charge in [-0.15, -0.1) is 0 Å². The molecule has 3 N–H and O–H groups in total. The zero-order valence-electron chi connectivity index (χ0n) is 24.3. The summed E-state index contributed by atoms with van der Waals surface area (Å²) in [6.07, 6.45) is -0.688. The second-order valence-corrected chi connectivity index (χ2v) is 11.1. The lowest BCUT2D eigenvalue weighted by atomic mass is 9.85. The van der Waals surface area contributed by atoms with Crippen LogP contribution in [0.4, 0.5) is 29.2 Å². The molecule has 1 aromatic heterocycles. The number of alkyl halides is 3. The number of para-hydroxylation sites is 1. The second-order valence-electron chi connectivity index (χ2n) is 11.1. The fourth-order valence-electron chi connectivity index (χ4n) is 5.92. The van der Waals surface area contributed by atoms with Crippen molar-refractivity contribution < 1.29 is 36.6 Å². The number of benzene rings is 2. The monoisotopic (exact) mass is 616 g/mol. The number of hydrogen-bond donors (Lipinski definition) is 3. The van der Waals surface area contributed by atoms with Crippen molar-refractivity contribution >= 4 is 23.5 Å². The van der Waals surface area contributed by atoms with Crippen LogP contribution >= 0.6 is 0 Å². The van der Waals surface area contributed by atoms with Crippen molar-refractivity contribution in [3.05, 3.63) is 65.1 Å². The van der Waals surface area contributed by atoms with Crippen molar-refractivity contribution in [1.29, 1.82) is 0 Å². The van der Waals surface area contributed by atoms with Gasteiger partial charge in [-0.1, -0.05) is 12.1 Å². The number of likely N-dealkylation sites (tertiary alicyclic amines) is 1. The average Bonchev–Trinajstić information content (AvgIpc) is 3.55. The van der Waals surface area contributed by atoms with E-state index in [9.17, 15) is 22.8 Å². The minimum absolute atomic E-state index is 0.0165. The third-order valence-corrected chi connectivity index (χ3v) is 8.07. The Morgan fingerprint density at radius 3 is 2.55 bits per heavy atom. The number of ether oxygens (including phenoxy) is 2. The first-order chi connectivity index (χ1) is 20.9. The summed E-state index contributed by atoms with van der Waals surface area (Å²) in [5.74, 6) is -3.44. The molecule has 2 unspecified atom stereocenters. The van der Waals surface area contributed by atoms with Gasteiger partial charge in [-0.25, -0.2) is 9.37 Å². The van der Waals surface area contributed by atoms with Crippen LogP contribution in [0.15, 0.2) is 42.6 Å². The van der Waals surface area contributed by atoms with Crippen molar-refractivity contribution in [2.24, 2.45) is 5.41 Å². The van der Waals surface area contributed by atoms with Gasteiger partial charge in [-0.3, -0.25) is 9.59 Å². The number of nitrogens with one attached hydrogen (secondary N) is 3. The zero-order valence-corrected chi connectivity index (χ0v) is 24.3. The zero-order chi connectivity index (χ0) is 31.6. The van der Waals surface area contributed by atoms with Gasteiger partial charge in [0.15, 0.2) is 0 Å². The number of hydrogen-bond acceptors (Lipinski definition) is 8. The predicted octanol–water partition coefficient (Wildman–Crippen LogP) is 5.14. The highest BCUT2D eigenvalue weighted by Gasteiger charge is 2.43. The number of carbonyl (C=O) groups is 2. The van der Waals surface area contributed by atoms with Gasteiger partial charge in [0, 0.05) is 31.9 Å². The van der Waals surface area contributed by atoms with Crippen molar-refractivity contribution in [3.63, 3.8) is 0 Å². The number of anilines is 2. The normalized spacial score (nSPS) is 20.0. The van der Waals surface area contributed by atoms with E-state index in [1.54, 1.807) is 0 Å². The molecule has 14 heteroatoms. The van der Waals surface area contributed by atoms with E-state index in [-0.39, 0.29) is 45.7 Å². The number of methoxy groups -OCH3 is 1. The molecule has 0 radical (unpaired) electrons. The van der Waals surface area contributed by atoms with Crippen molar-refractivity contribution in [1.82, 2.24) is 25.5 Å². The first kappa shape index (κ1) is 31.0. The fraction of sp³-hybridized carbons (Fsp3) is 0.400. The molecular formula is C30H32F4N6O4. The predicted molar refractivity (Wildman–Crippen MR) is 153 cm³/mol. The number of carbonyl (C=O) groups excluding carboxylic acids is 2. The minimum atomic E-state index is -4.89. The molecular weight excluding hydrogens is 584 g/mol. The number of nitrogens with zero attached hydrogens (tertiary/aromatic N) is 3. The minimum Gasteiger partial charge on any atom is -0.495 e. The Balaban J connectivity index is 1.38. The lowest BCUT2D eigenvalue weighted by Gasteiger charge is -2.23. The van der Waals surface area contributed by atoms with Crippen LogP contribution in [0.25, 0.3) is 0 Å². The van der Waals surface area contributed by atoms with Crippen molar-refractivity contribution in [2.75, 3.05) is 39.6 Å². The van der Waals surface area contributed by atoms with E-state index in [4.69, 9.17) is 9.47 Å². The third kappa shape index (κ3) is 6.54. The van der Waals surface area contributed by atoms with E-state index in [2.05, 4.69) is 37.9 Å². The highest BCUT2D eigenvalue weighted by atomic mass is 19.4. The lowest BCUT2D eigenvalue weighted by Crippen LogP contribution is -2.35. The van der Waals surface area contributed by atoms with Crippen LogP contribution in [0, 0.1) is 11.2 Å². The van der Waals surface area contributed by atoms with Gasteiger partial charge in [0.25, 0.3) is 11.8 Å². The molecule has 5 rings (SSSR count). The lowest BCUT2D eigenvalue weighted by molar-refractivity contribution is -0.139. The van der Waals surface area contributed by atoms with Crippen LogP contribution in [0.5, 0.6) is 17.4 Å². The number of amides is 2. The molecule has 0 bridgehead atoms. The van der Waals surface area contributed by atoms with E-state index >= 15 is 4.39 Å². The number of halogens is 4. The molecule has 2 fully saturated rings. The van der Waals surface area contributed by atoms with Gasteiger partial charge < -0.3 is 30.3 Å². The van der Waals surface area contributed by atoms with E-state index in [1.807, 2.05) is 0 Å². The van der Waals surface area contributed by atoms with E-state index < -0.39 is 35.3 Å². The van der Waals surface area contributed by atoms with Crippen molar-refractivity contribution in [2.45, 2.75) is 37.9 Å². The van der Waals surface area contributed by atoms with E-state index in [0.717, 1.165) is 44.8 Å². The Morgan fingerprint density at radius 2 is 1.86 bits per heavy atom. The van der Waals surface area contributed by atoms with Gasteiger partial charge >= 0.3 is 6.18 Å². The van der Waals surface area contributed by atoms with Crippen LogP contribution in [0.1, 0.15) is 52.0 Å². The Hall–Kier alpha value is -4.46. The summed E-state index contributed by atoms with van der Waals surface area (Å²) in [5.41, 5.74) is -1.41. The van der Waals surface area contributed by atoms with Gasteiger partial charge in [0.2, 0.25) is 11.8 Å². The van der Waals surface area contributed by atoms with Crippen LogP contribution in [-0.2, 0) is 6.18 Å². The molecule has 44 heavy (non-hydrogen) atoms. The maximum absolute atomic E-state index is 15.3. The Bertz CT molecular complexity index is 1570. The second kappa shape index (κ2) is 12.3. The first-order valence-corrected chi connectivity index (χ1v) is 14.0. The van der Waals surface area contributed by atoms with Gasteiger partial charge in [0.05, 0.1) is 23.9 Å². The topological polar surface area (TPSA) is 118 Å². The molecule has 1 aliphatic heterocycles. The Morgan fingerprint density at radius 1 is 1.09 bits per heavy atom. The molecule has 2 aliphatic rings. The average molecular weight is 617 g/mol. The van der Waals surface area contributed by atoms with Gasteiger partial charge in [0.1, 0.15) is 22.9 Å². The van der Waals surface area contributed by atoms with E-state index in [0.29, 0.717) is 6.20 Å². The standard InChI is InChI=1S/C30H32F4N6O4/c1-35-25(41)18-6-4-5-7-23(18)44-27-20(30(32,33)34)15-36-28(39-27)38-22-13-21(31)19(12-24(22)43-3)26(42)37-17-8-9-29(14-17)10-11-40(2)16-29/h4-7,12-13,15,17H,8-11,14,16H2,1-3H3,(H,35,41)(H,37,42)(H,36,38,39). The van der Waals surface area contributed by atoms with E-state index in [1.165, 1.54) is 44.5 Å². The summed E-state index contributed by atoms with van der Waals surface area (Å²) in [4.78, 5) is 35.2. The van der Waals surface area contributed by atoms with Gasteiger partial charge in [-0.05, 0) is 62.9 Å². The molecule has 1 spiro atoms. The van der Waals surface area contributed by atoms with Gasteiger partial charge in [-0.2, -0.15) is 18.2 Å². The summed E-state index contributed by atoms with van der Waals surface area (Å²) < 4.78 is 67.5. The SMILES string of the molecule is CNC(=O)c1ccccc1Oc1nc(Nc2cc(F)c(C(=O)NC3CCC4(CCN(C)C4)C3)cc2OC)ncc1C(F)(F)F. The maximum Gasteiger partial charge on any atom is 0.423 e. The molecule has 2 atom stereocenters. The summed E-state index contributed by atoms with van der Waals surface area (Å²) in [7, 11) is 4.75. The molecule has 1 aliphatic carbocycles. The molecule has 10 nitrogen and oxygen atoms in total. The number of rotatable bonds is 8. The molecule has 1 saturated carbocycles. The molecule has 1 saturated heterocycles. The maximum atomic E-state index is 15.3. The highest BCUT2D eigenvalue weighted by molar-refractivity contribution is 5.97. The summed E-state index contributed by atoms with van der Waals surface area (Å²) in [6.45, 7) is 1.99. The van der Waals surface area contributed by atoms with Crippen LogP contribution < -0.4 is 25.4 Å². The molecule has 2 aromatic carbocycles. The molecule has 2 heterocycles. The fourth-order valence-corrected chi connectivity index (χ4v) is 5.92. The largest absolute Gasteiger partial charge is 0.495 e. The summed E-state index contributed by atoms with van der Waals surface area (Å²) in [6, 6.07) is 7.83. The molecule has 234 valence electrons. The number of aromatic nitrogens is 2. The van der Waals surface area contributed by atoms with Crippen molar-refractivity contribution in [3.8, 4) is 17.4 Å². The Kier molecular flexibility index (Phi) is 8.64. The molecule has 3 aromatic rings. The third-order valence-electron chi connectivity index (χ3n) is 8.07. The summed E-state index contributed by atoms with van der Waals surface area (Å²) >= 11 is 0. The smallest absolute Gasteiger partial charge is 0.423 e. The Labute approximate surface area is 251 Å². The van der Waals surface area contributed by atoms with Crippen LogP contribution in [0.3, 0.4) is 0 Å². The van der Waals surface area contributed by atoms with Crippen LogP contribution in [-0.4, -0.2) is 67.0 Å². The quantitative estimate of drug-likeness (QED) is 0.298.